The molecule has 1 atom stereocenters. The van der Waals surface area contributed by atoms with E-state index in [4.69, 9.17) is 9.15 Å². The summed E-state index contributed by atoms with van der Waals surface area (Å²) in [5.41, 5.74) is 1.60. The number of esters is 1. The summed E-state index contributed by atoms with van der Waals surface area (Å²) in [7, 11) is 0. The van der Waals surface area contributed by atoms with Crippen LogP contribution in [0.15, 0.2) is 39.9 Å². The van der Waals surface area contributed by atoms with E-state index in [1.165, 1.54) is 11.3 Å². The first kappa shape index (κ1) is 17.5. The molecule has 0 fully saturated rings. The molecule has 0 bridgehead atoms. The normalized spacial score (nSPS) is 13.1. The summed E-state index contributed by atoms with van der Waals surface area (Å²) in [5.74, 6) is 0.187. The third-order valence-electron chi connectivity index (χ3n) is 3.42. The van der Waals surface area contributed by atoms with E-state index < -0.39 is 0 Å². The van der Waals surface area contributed by atoms with Gasteiger partial charge in [-0.2, -0.15) is 0 Å². The van der Waals surface area contributed by atoms with Crippen LogP contribution >= 0.6 is 11.3 Å². The maximum Gasteiger partial charge on any atom is 0.310 e. The topological polar surface area (TPSA) is 51.8 Å². The zero-order valence-corrected chi connectivity index (χ0v) is 14.7. The van der Waals surface area contributed by atoms with Gasteiger partial charge in [-0.05, 0) is 30.9 Å². The highest BCUT2D eigenvalue weighted by Gasteiger charge is 2.11. The Balaban J connectivity index is 2.04. The van der Waals surface area contributed by atoms with Gasteiger partial charge >= 0.3 is 5.97 Å². The van der Waals surface area contributed by atoms with E-state index in [1.807, 2.05) is 31.2 Å². The molecule has 124 valence electrons. The van der Waals surface area contributed by atoms with E-state index in [1.54, 1.807) is 6.26 Å². The van der Waals surface area contributed by atoms with Crippen LogP contribution in [0.1, 0.15) is 37.1 Å². The molecule has 4 nitrogen and oxygen atoms in total. The molecule has 0 aliphatic carbocycles. The Hall–Kier alpha value is -1.88. The number of carbonyl (C=O) groups excluding carboxylic acids is 1. The molecule has 23 heavy (non-hydrogen) atoms. The highest BCUT2D eigenvalue weighted by atomic mass is 32.1. The fourth-order valence-electron chi connectivity index (χ4n) is 2.25. The minimum atomic E-state index is -0.213. The van der Waals surface area contributed by atoms with Crippen LogP contribution in [0.5, 0.6) is 0 Å². The maximum absolute atomic E-state index is 12.0. The number of hydrogen-bond donors (Lipinski definition) is 0. The Morgan fingerprint density at radius 2 is 2.17 bits per heavy atom. The number of benzene rings is 1. The molecule has 5 heteroatoms. The smallest absolute Gasteiger partial charge is 0.310 e. The molecule has 0 aliphatic rings. The van der Waals surface area contributed by atoms with Gasteiger partial charge in [0.2, 0.25) is 0 Å². The number of aryl methyl sites for hydroxylation is 1. The van der Waals surface area contributed by atoms with Crippen LogP contribution in [0.2, 0.25) is 0 Å². The van der Waals surface area contributed by atoms with Crippen molar-refractivity contribution in [1.82, 2.24) is 0 Å². The van der Waals surface area contributed by atoms with E-state index in [0.717, 1.165) is 29.0 Å². The molecule has 1 aromatic carbocycles. The van der Waals surface area contributed by atoms with Crippen molar-refractivity contribution in [2.45, 2.75) is 40.0 Å². The van der Waals surface area contributed by atoms with Crippen molar-refractivity contribution in [2.75, 3.05) is 6.61 Å². The van der Waals surface area contributed by atoms with E-state index in [0.29, 0.717) is 17.4 Å². The van der Waals surface area contributed by atoms with Crippen molar-refractivity contribution in [3.05, 3.63) is 45.8 Å². The molecule has 0 N–H and O–H groups in total. The summed E-state index contributed by atoms with van der Waals surface area (Å²) < 4.78 is 10.7. The molecule has 1 unspecified atom stereocenters. The second kappa shape index (κ2) is 8.67. The number of rotatable bonds is 7. The molecular weight excluding hydrogens is 310 g/mol. The minimum absolute atomic E-state index is 0.213. The Morgan fingerprint density at radius 1 is 1.39 bits per heavy atom. The lowest BCUT2D eigenvalue weighted by molar-refractivity contribution is -0.144. The Kier molecular flexibility index (Phi) is 6.59. The third kappa shape index (κ3) is 5.67. The third-order valence-corrected chi connectivity index (χ3v) is 4.20. The predicted octanol–water partition coefficient (Wildman–Crippen LogP) is 4.40. The Labute approximate surface area is 140 Å². The molecule has 0 spiro atoms. The molecule has 0 saturated heterocycles. The Morgan fingerprint density at radius 3 is 2.87 bits per heavy atom. The molecule has 2 rings (SSSR count). The van der Waals surface area contributed by atoms with Crippen LogP contribution in [-0.4, -0.2) is 12.6 Å². The average Bonchev–Trinajstić information content (AvgIpc) is 2.93. The monoisotopic (exact) mass is 333 g/mol. The van der Waals surface area contributed by atoms with Gasteiger partial charge in [0.15, 0.2) is 0 Å². The molecule has 0 saturated carbocycles. The lowest BCUT2D eigenvalue weighted by Crippen LogP contribution is -2.14. The van der Waals surface area contributed by atoms with Gasteiger partial charge in [0, 0.05) is 4.88 Å². The van der Waals surface area contributed by atoms with Crippen molar-refractivity contribution in [3.8, 4) is 0 Å². The van der Waals surface area contributed by atoms with Crippen molar-refractivity contribution >= 4 is 23.0 Å². The average molecular weight is 333 g/mol. The molecule has 0 amide bonds. The summed E-state index contributed by atoms with van der Waals surface area (Å²) in [6, 6.07) is 7.58. The second-order valence-electron chi connectivity index (χ2n) is 5.71. The zero-order valence-electron chi connectivity index (χ0n) is 13.9. The summed E-state index contributed by atoms with van der Waals surface area (Å²) in [5, 5.41) is 0. The quantitative estimate of drug-likeness (QED) is 0.706. The van der Waals surface area contributed by atoms with Crippen molar-refractivity contribution in [2.24, 2.45) is 10.9 Å². The van der Waals surface area contributed by atoms with Gasteiger partial charge in [-0.15, -0.1) is 0 Å². The number of carbonyl (C=O) groups is 1. The van der Waals surface area contributed by atoms with Crippen molar-refractivity contribution in [1.29, 1.82) is 0 Å². The zero-order chi connectivity index (χ0) is 16.7. The van der Waals surface area contributed by atoms with Crippen molar-refractivity contribution in [3.63, 3.8) is 0 Å². The number of para-hydroxylation sites is 1. The molecule has 1 aromatic heterocycles. The highest BCUT2D eigenvalue weighted by Crippen LogP contribution is 2.19. The van der Waals surface area contributed by atoms with Crippen LogP contribution in [-0.2, 0) is 16.0 Å². The molecule has 0 radical (unpaired) electrons. The van der Waals surface area contributed by atoms with Gasteiger partial charge in [-0.3, -0.25) is 4.79 Å². The summed E-state index contributed by atoms with van der Waals surface area (Å²) in [4.78, 5) is 18.2. The van der Waals surface area contributed by atoms with E-state index >= 15 is 0 Å². The van der Waals surface area contributed by atoms with Crippen LogP contribution in [0.4, 0.5) is 5.69 Å². The largest absolute Gasteiger partial charge is 0.465 e. The van der Waals surface area contributed by atoms with Crippen LogP contribution < -0.4 is 4.87 Å². The number of ether oxygens (including phenoxy) is 1. The molecule has 2 aromatic rings. The summed E-state index contributed by atoms with van der Waals surface area (Å²) >= 11 is 1.48. The Bertz CT molecular complexity index is 702. The van der Waals surface area contributed by atoms with E-state index in [-0.39, 0.29) is 12.4 Å². The van der Waals surface area contributed by atoms with Gasteiger partial charge in [-0.25, -0.2) is 4.99 Å². The van der Waals surface area contributed by atoms with Gasteiger partial charge in [0.05, 0.1) is 18.7 Å². The highest BCUT2D eigenvalue weighted by molar-refractivity contribution is 7.08. The second-order valence-corrected chi connectivity index (χ2v) is 6.91. The molecule has 1 heterocycles. The molecule has 0 aliphatic heterocycles. The van der Waals surface area contributed by atoms with Gasteiger partial charge in [-0.1, -0.05) is 49.8 Å². The first-order valence-electron chi connectivity index (χ1n) is 7.92. The van der Waals surface area contributed by atoms with Crippen molar-refractivity contribution < 1.29 is 13.9 Å². The van der Waals surface area contributed by atoms with Gasteiger partial charge in [0.25, 0.3) is 4.87 Å². The van der Waals surface area contributed by atoms with Crippen LogP contribution in [0, 0.1) is 12.8 Å². The fourth-order valence-corrected chi connectivity index (χ4v) is 2.87. The van der Waals surface area contributed by atoms with Crippen LogP contribution in [0.3, 0.4) is 0 Å². The number of hydrogen-bond acceptors (Lipinski definition) is 5. The summed E-state index contributed by atoms with van der Waals surface area (Å²) in [6.07, 6.45) is 4.07. The lowest BCUT2D eigenvalue weighted by atomic mass is 10.1. The lowest BCUT2D eigenvalue weighted by Gasteiger charge is -2.11. The first-order valence-corrected chi connectivity index (χ1v) is 8.73. The van der Waals surface area contributed by atoms with E-state index in [9.17, 15) is 4.79 Å². The van der Waals surface area contributed by atoms with E-state index in [2.05, 4.69) is 18.8 Å². The minimum Gasteiger partial charge on any atom is -0.465 e. The van der Waals surface area contributed by atoms with Gasteiger partial charge < -0.3 is 9.15 Å². The summed E-state index contributed by atoms with van der Waals surface area (Å²) in [6.45, 7) is 6.67. The standard InChI is InChI=1S/C18H23NO3S/c1-4-7-13(2)11-21-17(20)10-15-8-5-6-9-16(15)19-18-22-12-14(3)23-18/h5-6,8-9,12-13H,4,7,10-11H2,1-3H3. The number of nitrogens with zero attached hydrogens (tertiary/aromatic N) is 1. The van der Waals surface area contributed by atoms with Gasteiger partial charge in [0.1, 0.15) is 6.26 Å². The maximum atomic E-state index is 12.0. The SMILES string of the molecule is CCCC(C)COC(=O)Cc1ccccc1N=c1occ(C)s1. The fraction of sp³-hybridized carbons (Fsp3) is 0.444. The van der Waals surface area contributed by atoms with Crippen LogP contribution in [0.25, 0.3) is 0 Å². The molecular formula is C18H23NO3S. The predicted molar refractivity (Wildman–Crippen MR) is 91.7 cm³/mol. The first-order chi connectivity index (χ1) is 11.1.